The molecule has 0 bridgehead atoms. The van der Waals surface area contributed by atoms with Crippen LogP contribution < -0.4 is 15.2 Å². The molecular weight excluding hydrogens is 234 g/mol. The van der Waals surface area contributed by atoms with Crippen molar-refractivity contribution in [3.05, 3.63) is 23.3 Å². The molecule has 0 amide bonds. The summed E-state index contributed by atoms with van der Waals surface area (Å²) in [6.07, 6.45) is 0.445. The lowest BCUT2D eigenvalue weighted by atomic mass is 9.97. The van der Waals surface area contributed by atoms with E-state index >= 15 is 0 Å². The molecule has 1 unspecified atom stereocenters. The number of carboxylic acid groups (broad SMARTS) is 1. The average molecular weight is 253 g/mol. The number of carbonyl (C=O) groups is 1. The Morgan fingerprint density at radius 1 is 1.33 bits per heavy atom. The molecule has 0 fully saturated rings. The number of hydrogen-bond acceptors (Lipinski definition) is 4. The molecule has 1 rings (SSSR count). The quantitative estimate of drug-likeness (QED) is 0.808. The molecule has 3 N–H and O–H groups in total. The molecule has 100 valence electrons. The molecule has 1 aromatic carbocycles. The zero-order valence-corrected chi connectivity index (χ0v) is 10.9. The fourth-order valence-electron chi connectivity index (χ4n) is 1.83. The van der Waals surface area contributed by atoms with Crippen LogP contribution in [0, 0.1) is 6.92 Å². The van der Waals surface area contributed by atoms with Crippen molar-refractivity contribution in [2.24, 2.45) is 5.73 Å². The predicted octanol–water partition coefficient (Wildman–Crippen LogP) is 1.88. The summed E-state index contributed by atoms with van der Waals surface area (Å²) in [4.78, 5) is 10.5. The van der Waals surface area contributed by atoms with Gasteiger partial charge in [0.25, 0.3) is 0 Å². The molecule has 0 aliphatic heterocycles. The van der Waals surface area contributed by atoms with Gasteiger partial charge in [-0.05, 0) is 36.6 Å². The first-order valence-corrected chi connectivity index (χ1v) is 5.69. The molecule has 1 atom stereocenters. The van der Waals surface area contributed by atoms with Gasteiger partial charge in [-0.25, -0.2) is 0 Å². The Morgan fingerprint density at radius 2 is 1.89 bits per heavy atom. The SMILES string of the molecule is COc1cc(C)c(C(N)CCC(=O)O)cc1OC. The maximum atomic E-state index is 10.5. The van der Waals surface area contributed by atoms with Crippen LogP contribution in [0.1, 0.15) is 30.0 Å². The molecule has 0 saturated heterocycles. The average Bonchev–Trinajstić information content (AvgIpc) is 2.35. The summed E-state index contributed by atoms with van der Waals surface area (Å²) < 4.78 is 10.4. The molecule has 0 saturated carbocycles. The van der Waals surface area contributed by atoms with Gasteiger partial charge < -0.3 is 20.3 Å². The molecule has 0 aromatic heterocycles. The van der Waals surface area contributed by atoms with Gasteiger partial charge in [0.05, 0.1) is 14.2 Å². The standard InChI is InChI=1S/C13H19NO4/c1-8-6-11(17-2)12(18-3)7-9(8)10(14)4-5-13(15)16/h6-7,10H,4-5,14H2,1-3H3,(H,15,16). The molecule has 0 aliphatic carbocycles. The van der Waals surface area contributed by atoms with E-state index in [9.17, 15) is 4.79 Å². The van der Waals surface area contributed by atoms with E-state index in [1.54, 1.807) is 20.3 Å². The van der Waals surface area contributed by atoms with E-state index in [0.717, 1.165) is 11.1 Å². The Kier molecular flexibility index (Phi) is 4.97. The van der Waals surface area contributed by atoms with Gasteiger partial charge in [0.1, 0.15) is 0 Å². The number of aryl methyl sites for hydroxylation is 1. The Balaban J connectivity index is 2.97. The van der Waals surface area contributed by atoms with Gasteiger partial charge in [0.2, 0.25) is 0 Å². The first-order chi connectivity index (χ1) is 8.49. The van der Waals surface area contributed by atoms with Crippen LogP contribution >= 0.6 is 0 Å². The number of benzene rings is 1. The second-order valence-corrected chi connectivity index (χ2v) is 4.10. The van der Waals surface area contributed by atoms with Crippen molar-refractivity contribution in [3.63, 3.8) is 0 Å². The summed E-state index contributed by atoms with van der Waals surface area (Å²) in [6.45, 7) is 1.91. The molecule has 5 nitrogen and oxygen atoms in total. The minimum atomic E-state index is -0.844. The van der Waals surface area contributed by atoms with Gasteiger partial charge in [0, 0.05) is 12.5 Å². The number of nitrogens with two attached hydrogens (primary N) is 1. The molecule has 0 heterocycles. The van der Waals surface area contributed by atoms with Gasteiger partial charge in [-0.2, -0.15) is 0 Å². The number of aliphatic carboxylic acids is 1. The monoisotopic (exact) mass is 253 g/mol. The van der Waals surface area contributed by atoms with Crippen molar-refractivity contribution >= 4 is 5.97 Å². The topological polar surface area (TPSA) is 81.8 Å². The largest absolute Gasteiger partial charge is 0.493 e. The summed E-state index contributed by atoms with van der Waals surface area (Å²) in [7, 11) is 3.13. The number of methoxy groups -OCH3 is 2. The minimum absolute atomic E-state index is 0.0505. The van der Waals surface area contributed by atoms with Crippen molar-refractivity contribution in [2.75, 3.05) is 14.2 Å². The van der Waals surface area contributed by atoms with Crippen LogP contribution in [0.3, 0.4) is 0 Å². The Hall–Kier alpha value is -1.75. The van der Waals surface area contributed by atoms with Crippen molar-refractivity contribution in [2.45, 2.75) is 25.8 Å². The molecule has 0 spiro atoms. The molecule has 0 aliphatic rings. The fourth-order valence-corrected chi connectivity index (χ4v) is 1.83. The highest BCUT2D eigenvalue weighted by Crippen LogP contribution is 2.33. The third kappa shape index (κ3) is 3.37. The molecular formula is C13H19NO4. The maximum absolute atomic E-state index is 10.5. The lowest BCUT2D eigenvalue weighted by molar-refractivity contribution is -0.137. The number of hydrogen-bond donors (Lipinski definition) is 2. The third-order valence-electron chi connectivity index (χ3n) is 2.84. The third-order valence-corrected chi connectivity index (χ3v) is 2.84. The summed E-state index contributed by atoms with van der Waals surface area (Å²) in [5.74, 6) is 0.400. The molecule has 18 heavy (non-hydrogen) atoms. The second-order valence-electron chi connectivity index (χ2n) is 4.10. The van der Waals surface area contributed by atoms with Crippen LogP contribution in [-0.4, -0.2) is 25.3 Å². The predicted molar refractivity (Wildman–Crippen MR) is 68.1 cm³/mol. The highest BCUT2D eigenvalue weighted by molar-refractivity contribution is 5.66. The summed E-state index contributed by atoms with van der Waals surface area (Å²) >= 11 is 0. The Bertz CT molecular complexity index is 431. The van der Waals surface area contributed by atoms with E-state index in [2.05, 4.69) is 0 Å². The number of ether oxygens (including phenoxy) is 2. The van der Waals surface area contributed by atoms with E-state index in [1.165, 1.54) is 0 Å². The first kappa shape index (κ1) is 14.3. The maximum Gasteiger partial charge on any atom is 0.303 e. The van der Waals surface area contributed by atoms with E-state index in [-0.39, 0.29) is 12.5 Å². The number of rotatable bonds is 6. The zero-order chi connectivity index (χ0) is 13.7. The first-order valence-electron chi connectivity index (χ1n) is 5.69. The van der Waals surface area contributed by atoms with Gasteiger partial charge in [-0.1, -0.05) is 0 Å². The van der Waals surface area contributed by atoms with Crippen LogP contribution in [0.5, 0.6) is 11.5 Å². The van der Waals surface area contributed by atoms with E-state index in [0.29, 0.717) is 17.9 Å². The summed E-state index contributed by atoms with van der Waals surface area (Å²) in [6, 6.07) is 3.33. The van der Waals surface area contributed by atoms with E-state index in [4.69, 9.17) is 20.3 Å². The Morgan fingerprint density at radius 3 is 2.39 bits per heavy atom. The summed E-state index contributed by atoms with van der Waals surface area (Å²) in [5.41, 5.74) is 7.85. The van der Waals surface area contributed by atoms with Crippen LogP contribution in [0.4, 0.5) is 0 Å². The normalized spacial score (nSPS) is 12.0. The van der Waals surface area contributed by atoms with Crippen molar-refractivity contribution < 1.29 is 19.4 Å². The van der Waals surface area contributed by atoms with Crippen LogP contribution in [0.2, 0.25) is 0 Å². The fraction of sp³-hybridized carbons (Fsp3) is 0.462. The van der Waals surface area contributed by atoms with Crippen LogP contribution in [-0.2, 0) is 4.79 Å². The van der Waals surface area contributed by atoms with Gasteiger partial charge in [-0.15, -0.1) is 0 Å². The smallest absolute Gasteiger partial charge is 0.303 e. The van der Waals surface area contributed by atoms with Crippen LogP contribution in [0.15, 0.2) is 12.1 Å². The zero-order valence-electron chi connectivity index (χ0n) is 10.9. The highest BCUT2D eigenvalue weighted by Gasteiger charge is 2.15. The number of carboxylic acids is 1. The minimum Gasteiger partial charge on any atom is -0.493 e. The molecule has 5 heteroatoms. The van der Waals surface area contributed by atoms with Crippen molar-refractivity contribution in [1.29, 1.82) is 0 Å². The van der Waals surface area contributed by atoms with Crippen LogP contribution in [0.25, 0.3) is 0 Å². The van der Waals surface area contributed by atoms with Gasteiger partial charge >= 0.3 is 5.97 Å². The highest BCUT2D eigenvalue weighted by atomic mass is 16.5. The van der Waals surface area contributed by atoms with Gasteiger partial charge in [0.15, 0.2) is 11.5 Å². The van der Waals surface area contributed by atoms with E-state index < -0.39 is 5.97 Å². The molecule has 0 radical (unpaired) electrons. The molecule has 1 aromatic rings. The van der Waals surface area contributed by atoms with Gasteiger partial charge in [-0.3, -0.25) is 4.79 Å². The Labute approximate surface area is 107 Å². The summed E-state index contributed by atoms with van der Waals surface area (Å²) in [5, 5.41) is 8.66. The van der Waals surface area contributed by atoms with Crippen molar-refractivity contribution in [3.8, 4) is 11.5 Å². The second kappa shape index (κ2) is 6.26. The van der Waals surface area contributed by atoms with E-state index in [1.807, 2.05) is 13.0 Å². The lowest BCUT2D eigenvalue weighted by Gasteiger charge is -2.17. The van der Waals surface area contributed by atoms with Crippen molar-refractivity contribution in [1.82, 2.24) is 0 Å². The lowest BCUT2D eigenvalue weighted by Crippen LogP contribution is -2.14.